The van der Waals surface area contributed by atoms with Gasteiger partial charge in [-0.05, 0) is 42.4 Å². The van der Waals surface area contributed by atoms with Crippen LogP contribution in [-0.4, -0.2) is 61.4 Å². The Balaban J connectivity index is 1.74. The number of rotatable bonds is 4. The van der Waals surface area contributed by atoms with E-state index in [0.717, 1.165) is 12.8 Å². The molecule has 1 fully saturated rings. The average molecular weight is 374 g/mol. The highest BCUT2D eigenvalue weighted by Crippen LogP contribution is 2.18. The van der Waals surface area contributed by atoms with Gasteiger partial charge in [0.1, 0.15) is 0 Å². The summed E-state index contributed by atoms with van der Waals surface area (Å²) in [5.74, 6) is -0.599. The van der Waals surface area contributed by atoms with E-state index in [-0.39, 0.29) is 11.9 Å². The molecule has 1 aromatic rings. The van der Waals surface area contributed by atoms with Crippen molar-refractivity contribution in [3.05, 3.63) is 29.8 Å². The van der Waals surface area contributed by atoms with Crippen LogP contribution in [-0.2, 0) is 9.59 Å². The van der Waals surface area contributed by atoms with Crippen LogP contribution < -0.4 is 10.6 Å². The Bertz CT molecular complexity index is 662. The highest BCUT2D eigenvalue weighted by atomic mass is 16.2. The quantitative estimate of drug-likeness (QED) is 0.793. The third kappa shape index (κ3) is 5.98. The van der Waals surface area contributed by atoms with Crippen LogP contribution in [0.5, 0.6) is 0 Å². The van der Waals surface area contributed by atoms with Gasteiger partial charge in [0, 0.05) is 39.4 Å². The molecule has 1 aliphatic heterocycles. The van der Waals surface area contributed by atoms with Gasteiger partial charge in [-0.15, -0.1) is 0 Å². The lowest BCUT2D eigenvalue weighted by molar-refractivity contribution is -0.136. The molecule has 0 aromatic heterocycles. The SMILES string of the molecule is CC(C)c1ccc(NC(=O)C(=O)NCC2CCN(C(=O)N(C)C)CC2)cc1. The van der Waals surface area contributed by atoms with Gasteiger partial charge in [-0.2, -0.15) is 0 Å². The maximum atomic E-state index is 12.0. The first-order valence-corrected chi connectivity index (χ1v) is 9.43. The zero-order valence-corrected chi connectivity index (χ0v) is 16.6. The maximum Gasteiger partial charge on any atom is 0.319 e. The lowest BCUT2D eigenvalue weighted by atomic mass is 9.97. The van der Waals surface area contributed by atoms with E-state index in [9.17, 15) is 14.4 Å². The molecule has 2 rings (SSSR count). The molecule has 1 heterocycles. The topological polar surface area (TPSA) is 81.8 Å². The number of carbonyl (C=O) groups is 3. The third-order valence-electron chi connectivity index (χ3n) is 4.86. The molecular weight excluding hydrogens is 344 g/mol. The molecule has 4 amide bonds. The fraction of sp³-hybridized carbons (Fsp3) is 0.550. The number of hydrogen-bond donors (Lipinski definition) is 2. The highest BCUT2D eigenvalue weighted by Gasteiger charge is 2.24. The third-order valence-corrected chi connectivity index (χ3v) is 4.86. The number of urea groups is 1. The molecule has 0 saturated carbocycles. The second-order valence-electron chi connectivity index (χ2n) is 7.55. The van der Waals surface area contributed by atoms with Crippen LogP contribution in [0.3, 0.4) is 0 Å². The van der Waals surface area contributed by atoms with Crippen LogP contribution in [0.4, 0.5) is 10.5 Å². The molecule has 1 aromatic carbocycles. The predicted octanol–water partition coefficient (Wildman–Crippen LogP) is 2.26. The van der Waals surface area contributed by atoms with Crippen LogP contribution in [0.2, 0.25) is 0 Å². The van der Waals surface area contributed by atoms with E-state index in [1.165, 1.54) is 5.56 Å². The first kappa shape index (κ1) is 20.7. The summed E-state index contributed by atoms with van der Waals surface area (Å²) in [7, 11) is 3.48. The summed E-state index contributed by atoms with van der Waals surface area (Å²) in [6, 6.07) is 7.51. The fourth-order valence-electron chi connectivity index (χ4n) is 3.07. The molecule has 0 atom stereocenters. The Kier molecular flexibility index (Phi) is 7.21. The van der Waals surface area contributed by atoms with Gasteiger partial charge in [0.2, 0.25) is 0 Å². The summed E-state index contributed by atoms with van der Waals surface area (Å²) in [6.45, 7) is 5.99. The lowest BCUT2D eigenvalue weighted by Crippen LogP contribution is -2.46. The Hall–Kier alpha value is -2.57. The van der Waals surface area contributed by atoms with Crippen LogP contribution >= 0.6 is 0 Å². The minimum Gasteiger partial charge on any atom is -0.348 e. The maximum absolute atomic E-state index is 12.0. The molecule has 0 radical (unpaired) electrons. The van der Waals surface area contributed by atoms with Gasteiger partial charge in [-0.1, -0.05) is 26.0 Å². The summed E-state index contributed by atoms with van der Waals surface area (Å²) in [5.41, 5.74) is 1.78. The van der Waals surface area contributed by atoms with Crippen molar-refractivity contribution in [2.24, 2.45) is 5.92 Å². The van der Waals surface area contributed by atoms with Gasteiger partial charge in [-0.3, -0.25) is 9.59 Å². The zero-order chi connectivity index (χ0) is 20.0. The van der Waals surface area contributed by atoms with E-state index in [0.29, 0.717) is 31.2 Å². The molecule has 7 heteroatoms. The second kappa shape index (κ2) is 9.39. The average Bonchev–Trinajstić information content (AvgIpc) is 2.66. The Labute approximate surface area is 161 Å². The molecular formula is C20H30N4O3. The van der Waals surface area contributed by atoms with Gasteiger partial charge in [0.05, 0.1) is 0 Å². The molecule has 148 valence electrons. The lowest BCUT2D eigenvalue weighted by Gasteiger charge is -2.33. The molecule has 7 nitrogen and oxygen atoms in total. The van der Waals surface area contributed by atoms with Crippen molar-refractivity contribution < 1.29 is 14.4 Å². The molecule has 2 N–H and O–H groups in total. The highest BCUT2D eigenvalue weighted by molar-refractivity contribution is 6.39. The van der Waals surface area contributed by atoms with Crippen molar-refractivity contribution in [1.29, 1.82) is 0 Å². The van der Waals surface area contributed by atoms with E-state index < -0.39 is 11.8 Å². The Morgan fingerprint density at radius 2 is 1.67 bits per heavy atom. The van der Waals surface area contributed by atoms with Gasteiger partial charge < -0.3 is 20.4 Å². The monoisotopic (exact) mass is 374 g/mol. The van der Waals surface area contributed by atoms with Gasteiger partial charge >= 0.3 is 17.8 Å². The number of likely N-dealkylation sites (tertiary alicyclic amines) is 1. The summed E-state index contributed by atoms with van der Waals surface area (Å²) in [5, 5.41) is 5.32. The first-order chi connectivity index (χ1) is 12.8. The Morgan fingerprint density at radius 1 is 1.07 bits per heavy atom. The number of nitrogens with zero attached hydrogens (tertiary/aromatic N) is 2. The number of piperidine rings is 1. The van der Waals surface area contributed by atoms with Crippen molar-refractivity contribution in [1.82, 2.24) is 15.1 Å². The summed E-state index contributed by atoms with van der Waals surface area (Å²) in [4.78, 5) is 39.4. The van der Waals surface area contributed by atoms with Crippen molar-refractivity contribution >= 4 is 23.5 Å². The zero-order valence-electron chi connectivity index (χ0n) is 16.6. The normalized spacial score (nSPS) is 14.8. The minimum absolute atomic E-state index is 0.0142. The first-order valence-electron chi connectivity index (χ1n) is 9.43. The molecule has 0 spiro atoms. The van der Waals surface area contributed by atoms with Crippen LogP contribution in [0, 0.1) is 5.92 Å². The van der Waals surface area contributed by atoms with Crippen LogP contribution in [0.25, 0.3) is 0 Å². The smallest absolute Gasteiger partial charge is 0.319 e. The molecule has 0 bridgehead atoms. The summed E-state index contributed by atoms with van der Waals surface area (Å²) < 4.78 is 0. The van der Waals surface area contributed by atoms with Gasteiger partial charge in [0.25, 0.3) is 0 Å². The van der Waals surface area contributed by atoms with Crippen molar-refractivity contribution in [3.63, 3.8) is 0 Å². The van der Waals surface area contributed by atoms with E-state index in [1.807, 2.05) is 17.0 Å². The number of anilines is 1. The molecule has 0 aliphatic carbocycles. The number of hydrogen-bond acceptors (Lipinski definition) is 3. The number of benzene rings is 1. The van der Waals surface area contributed by atoms with Crippen molar-refractivity contribution in [2.45, 2.75) is 32.6 Å². The van der Waals surface area contributed by atoms with E-state index >= 15 is 0 Å². The van der Waals surface area contributed by atoms with Crippen LogP contribution in [0.1, 0.15) is 38.2 Å². The van der Waals surface area contributed by atoms with Gasteiger partial charge in [-0.25, -0.2) is 4.79 Å². The second-order valence-corrected chi connectivity index (χ2v) is 7.55. The summed E-state index contributed by atoms with van der Waals surface area (Å²) >= 11 is 0. The predicted molar refractivity (Wildman–Crippen MR) is 106 cm³/mol. The van der Waals surface area contributed by atoms with E-state index in [1.54, 1.807) is 31.1 Å². The summed E-state index contributed by atoms with van der Waals surface area (Å²) in [6.07, 6.45) is 1.64. The number of carbonyl (C=O) groups excluding carboxylic acids is 3. The van der Waals surface area contributed by atoms with Crippen molar-refractivity contribution in [3.8, 4) is 0 Å². The molecule has 1 saturated heterocycles. The molecule has 0 unspecified atom stereocenters. The van der Waals surface area contributed by atoms with E-state index in [2.05, 4.69) is 24.5 Å². The fourth-order valence-corrected chi connectivity index (χ4v) is 3.07. The standard InChI is InChI=1S/C20H30N4O3/c1-14(2)16-5-7-17(8-6-16)22-19(26)18(25)21-13-15-9-11-24(12-10-15)20(27)23(3)4/h5-8,14-15H,9-13H2,1-4H3,(H,21,25)(H,22,26). The number of nitrogens with one attached hydrogen (secondary N) is 2. The number of amides is 4. The van der Waals surface area contributed by atoms with Crippen LogP contribution in [0.15, 0.2) is 24.3 Å². The van der Waals surface area contributed by atoms with E-state index in [4.69, 9.17) is 0 Å². The minimum atomic E-state index is -0.660. The molecule has 1 aliphatic rings. The molecule has 27 heavy (non-hydrogen) atoms. The largest absolute Gasteiger partial charge is 0.348 e. The van der Waals surface area contributed by atoms with Gasteiger partial charge in [0.15, 0.2) is 0 Å². The van der Waals surface area contributed by atoms with Crippen molar-refractivity contribution in [2.75, 3.05) is 39.0 Å². The Morgan fingerprint density at radius 3 is 2.19 bits per heavy atom.